The summed E-state index contributed by atoms with van der Waals surface area (Å²) in [4.78, 5) is 4.36. The summed E-state index contributed by atoms with van der Waals surface area (Å²) in [6.07, 6.45) is 2.73. The first-order chi connectivity index (χ1) is 11.0. The third-order valence-corrected chi connectivity index (χ3v) is 6.34. The van der Waals surface area contributed by atoms with Crippen molar-refractivity contribution in [3.05, 3.63) is 47.5 Å². The van der Waals surface area contributed by atoms with E-state index in [1.807, 2.05) is 27.7 Å². The summed E-state index contributed by atoms with van der Waals surface area (Å²) in [5.41, 5.74) is 1.33. The fourth-order valence-electron chi connectivity index (χ4n) is 1.87. The monoisotopic (exact) mass is 367 g/mol. The summed E-state index contributed by atoms with van der Waals surface area (Å²) in [5.74, 6) is 0.318. The quantitative estimate of drug-likeness (QED) is 0.614. The Bertz CT molecular complexity index is 848. The highest BCUT2D eigenvalue weighted by Gasteiger charge is 2.26. The van der Waals surface area contributed by atoms with E-state index in [1.54, 1.807) is 31.2 Å². The molecule has 0 radical (unpaired) electrons. The van der Waals surface area contributed by atoms with E-state index < -0.39 is 26.1 Å². The molecule has 0 spiro atoms. The third kappa shape index (κ3) is 4.06. The van der Waals surface area contributed by atoms with Crippen LogP contribution < -0.4 is 0 Å². The van der Waals surface area contributed by atoms with Crippen LogP contribution in [0.4, 0.5) is 0 Å². The van der Waals surface area contributed by atoms with E-state index in [-0.39, 0.29) is 4.90 Å². The second-order valence-electron chi connectivity index (χ2n) is 6.42. The Morgan fingerprint density at radius 3 is 2.33 bits per heavy atom. The molecule has 0 fully saturated rings. The fraction of sp³-hybridized carbons (Fsp3) is 0.375. The molecule has 0 bridgehead atoms. The second kappa shape index (κ2) is 6.70. The predicted octanol–water partition coefficient (Wildman–Crippen LogP) is 2.62. The molecule has 1 atom stereocenters. The van der Waals surface area contributed by atoms with Crippen molar-refractivity contribution < 1.29 is 13.0 Å². The number of hydrogen-bond donors (Lipinski definition) is 0. The standard InChI is InChI=1S/C16H21N3O3S2/c1-12-6-8-15(9-7-12)24(21,22)19-11-14(18-13(19)2)10-17-23(20)16(3,4)5/h6-11H,1-5H3. The molecular formula is C16H21N3O3S2. The topological polar surface area (TPSA) is 87.4 Å². The number of imidazole rings is 1. The molecule has 0 N–H and O–H groups in total. The highest BCUT2D eigenvalue weighted by atomic mass is 32.2. The smallest absolute Gasteiger partial charge is 0.269 e. The van der Waals surface area contributed by atoms with Gasteiger partial charge < -0.3 is 4.55 Å². The van der Waals surface area contributed by atoms with E-state index in [9.17, 15) is 13.0 Å². The molecule has 8 heteroatoms. The first-order valence-corrected chi connectivity index (χ1v) is 9.91. The van der Waals surface area contributed by atoms with Gasteiger partial charge in [0, 0.05) is 0 Å². The van der Waals surface area contributed by atoms with Gasteiger partial charge in [0.2, 0.25) is 0 Å². The molecule has 0 saturated heterocycles. The van der Waals surface area contributed by atoms with Crippen molar-refractivity contribution in [2.24, 2.45) is 4.40 Å². The van der Waals surface area contributed by atoms with Crippen LogP contribution in [0.2, 0.25) is 0 Å². The first-order valence-electron chi connectivity index (χ1n) is 7.36. The Kier molecular flexibility index (Phi) is 5.22. The largest absolute Gasteiger partial charge is 0.591 e. The Balaban J connectivity index is 2.35. The first kappa shape index (κ1) is 18.7. The van der Waals surface area contributed by atoms with Crippen molar-refractivity contribution in [2.75, 3.05) is 0 Å². The van der Waals surface area contributed by atoms with E-state index in [2.05, 4.69) is 9.38 Å². The maximum atomic E-state index is 12.7. The minimum atomic E-state index is -3.72. The molecule has 0 aliphatic heterocycles. The molecule has 6 nitrogen and oxygen atoms in total. The number of nitrogens with zero attached hydrogens (tertiary/aromatic N) is 3. The average Bonchev–Trinajstić information content (AvgIpc) is 2.86. The number of hydrogen-bond acceptors (Lipinski definition) is 5. The van der Waals surface area contributed by atoms with E-state index >= 15 is 0 Å². The Hall–Kier alpha value is -1.64. The van der Waals surface area contributed by atoms with Crippen LogP contribution in [0.5, 0.6) is 0 Å². The van der Waals surface area contributed by atoms with Gasteiger partial charge in [0.15, 0.2) is 0 Å². The van der Waals surface area contributed by atoms with Gasteiger partial charge in [-0.25, -0.2) is 17.4 Å². The molecule has 0 aliphatic rings. The molecule has 1 heterocycles. The van der Waals surface area contributed by atoms with E-state index in [0.717, 1.165) is 9.54 Å². The Labute approximate surface area is 146 Å². The molecule has 0 amide bonds. The van der Waals surface area contributed by atoms with Crippen LogP contribution in [-0.2, 0) is 21.4 Å². The van der Waals surface area contributed by atoms with Gasteiger partial charge in [0.05, 0.1) is 11.1 Å². The summed E-state index contributed by atoms with van der Waals surface area (Å²) in [5, 5.41) is 0. The molecule has 0 aliphatic carbocycles. The van der Waals surface area contributed by atoms with Crippen molar-refractivity contribution in [3.63, 3.8) is 0 Å². The lowest BCUT2D eigenvalue weighted by molar-refractivity contribution is 0.561. The molecule has 1 aromatic carbocycles. The molecular weight excluding hydrogens is 346 g/mol. The molecule has 2 aromatic rings. The average molecular weight is 367 g/mol. The van der Waals surface area contributed by atoms with Crippen LogP contribution in [0.1, 0.15) is 37.9 Å². The number of aromatic nitrogens is 2. The van der Waals surface area contributed by atoms with Crippen molar-refractivity contribution >= 4 is 27.6 Å². The van der Waals surface area contributed by atoms with Gasteiger partial charge >= 0.3 is 0 Å². The van der Waals surface area contributed by atoms with E-state index in [1.165, 1.54) is 12.4 Å². The molecule has 1 unspecified atom stereocenters. The highest BCUT2D eigenvalue weighted by Crippen LogP contribution is 2.18. The normalized spacial score (nSPS) is 14.2. The lowest BCUT2D eigenvalue weighted by Crippen LogP contribution is -2.25. The lowest BCUT2D eigenvalue weighted by Gasteiger charge is -2.17. The third-order valence-electron chi connectivity index (χ3n) is 3.24. The van der Waals surface area contributed by atoms with Gasteiger partial charge in [-0.1, -0.05) is 22.1 Å². The highest BCUT2D eigenvalue weighted by molar-refractivity contribution is 7.91. The Morgan fingerprint density at radius 2 is 1.79 bits per heavy atom. The predicted molar refractivity (Wildman–Crippen MR) is 96.2 cm³/mol. The van der Waals surface area contributed by atoms with E-state index in [4.69, 9.17) is 0 Å². The SMILES string of the molecule is Cc1ccc(S(=O)(=O)n2cc(C=N[S+]([O-])C(C)(C)C)nc2C)cc1. The zero-order chi connectivity index (χ0) is 18.1. The minimum Gasteiger partial charge on any atom is -0.591 e. The van der Waals surface area contributed by atoms with Gasteiger partial charge in [-0.15, -0.1) is 0 Å². The summed E-state index contributed by atoms with van der Waals surface area (Å²) in [6, 6.07) is 6.61. The summed E-state index contributed by atoms with van der Waals surface area (Å²) >= 11 is -1.42. The fourth-order valence-corrected chi connectivity index (χ4v) is 3.73. The van der Waals surface area contributed by atoms with Gasteiger partial charge in [0.25, 0.3) is 10.0 Å². The zero-order valence-electron chi connectivity index (χ0n) is 14.3. The minimum absolute atomic E-state index is 0.190. The van der Waals surface area contributed by atoms with E-state index in [0.29, 0.717) is 11.5 Å². The number of aryl methyl sites for hydroxylation is 2. The van der Waals surface area contributed by atoms with Crippen LogP contribution in [-0.4, -0.2) is 32.9 Å². The van der Waals surface area contributed by atoms with Crippen molar-refractivity contribution in [1.29, 1.82) is 0 Å². The summed E-state index contributed by atoms with van der Waals surface area (Å²) < 4.78 is 41.9. The maximum Gasteiger partial charge on any atom is 0.269 e. The van der Waals surface area contributed by atoms with Crippen LogP contribution in [0.25, 0.3) is 0 Å². The number of benzene rings is 1. The second-order valence-corrected chi connectivity index (χ2v) is 10.2. The van der Waals surface area contributed by atoms with Crippen molar-refractivity contribution in [2.45, 2.75) is 44.3 Å². The molecule has 2 rings (SSSR count). The molecule has 24 heavy (non-hydrogen) atoms. The van der Waals surface area contributed by atoms with Crippen molar-refractivity contribution in [1.82, 2.24) is 8.96 Å². The van der Waals surface area contributed by atoms with Crippen LogP contribution in [0.3, 0.4) is 0 Å². The Morgan fingerprint density at radius 1 is 1.21 bits per heavy atom. The molecule has 130 valence electrons. The number of rotatable bonds is 4. The maximum absolute atomic E-state index is 12.7. The lowest BCUT2D eigenvalue weighted by atomic mass is 10.2. The van der Waals surface area contributed by atoms with Crippen LogP contribution >= 0.6 is 0 Å². The summed E-state index contributed by atoms with van der Waals surface area (Å²) in [6.45, 7) is 8.93. The van der Waals surface area contributed by atoms with Gasteiger partial charge in [-0.2, -0.15) is 0 Å². The van der Waals surface area contributed by atoms with Crippen LogP contribution in [0.15, 0.2) is 39.8 Å². The van der Waals surface area contributed by atoms with Gasteiger partial charge in [-0.3, -0.25) is 0 Å². The van der Waals surface area contributed by atoms with Gasteiger partial charge in [-0.05, 0) is 46.8 Å². The van der Waals surface area contributed by atoms with Crippen molar-refractivity contribution in [3.8, 4) is 0 Å². The molecule has 0 saturated carbocycles. The van der Waals surface area contributed by atoms with Crippen LogP contribution in [0, 0.1) is 13.8 Å². The zero-order valence-corrected chi connectivity index (χ0v) is 16.0. The molecule has 1 aromatic heterocycles. The van der Waals surface area contributed by atoms with Gasteiger partial charge in [0.1, 0.15) is 33.8 Å². The summed E-state index contributed by atoms with van der Waals surface area (Å²) in [7, 11) is -3.72.